The normalized spacial score (nSPS) is 11.8. The van der Waals surface area contributed by atoms with Crippen LogP contribution in [-0.2, 0) is 5.41 Å². The third kappa shape index (κ3) is 4.27. The van der Waals surface area contributed by atoms with E-state index in [1.165, 1.54) is 44.1 Å². The molecule has 0 aliphatic rings. The largest absolute Gasteiger partial charge is 0.226 e. The third-order valence-electron chi connectivity index (χ3n) is 3.48. The molecule has 0 saturated heterocycles. The van der Waals surface area contributed by atoms with Gasteiger partial charge in [-0.2, -0.15) is 0 Å². The number of nitrogens with zero attached hydrogens (tertiary/aromatic N) is 2. The minimum atomic E-state index is 0.205. The van der Waals surface area contributed by atoms with E-state index in [0.717, 1.165) is 0 Å². The Kier molecular flexibility index (Phi) is 5.90. The fourth-order valence-electron chi connectivity index (χ4n) is 2.17. The van der Waals surface area contributed by atoms with Crippen LogP contribution in [0, 0.1) is 0 Å². The summed E-state index contributed by atoms with van der Waals surface area (Å²) in [6.07, 6.45) is 11.2. The van der Waals surface area contributed by atoms with E-state index >= 15 is 0 Å². The van der Waals surface area contributed by atoms with Crippen molar-refractivity contribution in [2.24, 2.45) is 0 Å². The second-order valence-corrected chi connectivity index (χ2v) is 5.35. The first kappa shape index (κ1) is 14.4. The maximum absolute atomic E-state index is 5.75. The van der Waals surface area contributed by atoms with E-state index in [1.807, 2.05) is 12.4 Å². The molecule has 0 N–H and O–H groups in total. The summed E-state index contributed by atoms with van der Waals surface area (Å²) in [6.45, 7) is 6.79. The van der Waals surface area contributed by atoms with Crippen LogP contribution >= 0.6 is 11.6 Å². The molecule has 2 nitrogen and oxygen atoms in total. The molecule has 0 unspecified atom stereocenters. The minimum Gasteiger partial charge on any atom is -0.226 e. The monoisotopic (exact) mass is 254 g/mol. The van der Waals surface area contributed by atoms with Gasteiger partial charge in [0.15, 0.2) is 0 Å². The van der Waals surface area contributed by atoms with Crippen LogP contribution in [0.25, 0.3) is 0 Å². The summed E-state index contributed by atoms with van der Waals surface area (Å²) in [4.78, 5) is 8.23. The molecule has 1 heterocycles. The maximum atomic E-state index is 5.75. The average molecular weight is 255 g/mol. The molecule has 1 rings (SSSR count). The fourth-order valence-corrected chi connectivity index (χ4v) is 2.27. The van der Waals surface area contributed by atoms with Crippen LogP contribution in [0.5, 0.6) is 0 Å². The highest BCUT2D eigenvalue weighted by Crippen LogP contribution is 2.34. The second-order valence-electron chi connectivity index (χ2n) is 5.01. The Morgan fingerprint density at radius 1 is 1.06 bits per heavy atom. The number of unbranched alkanes of at least 4 members (excludes halogenated alkanes) is 2. The Morgan fingerprint density at radius 2 is 1.53 bits per heavy atom. The lowest BCUT2D eigenvalue weighted by Crippen LogP contribution is -2.22. The lowest BCUT2D eigenvalue weighted by molar-refractivity contribution is 0.372. The van der Waals surface area contributed by atoms with E-state index < -0.39 is 0 Å². The lowest BCUT2D eigenvalue weighted by atomic mass is 9.75. The summed E-state index contributed by atoms with van der Waals surface area (Å²) < 4.78 is 0. The molecule has 0 aromatic carbocycles. The van der Waals surface area contributed by atoms with Crippen molar-refractivity contribution >= 4 is 11.6 Å². The minimum absolute atomic E-state index is 0.205. The summed E-state index contributed by atoms with van der Waals surface area (Å²) >= 11 is 5.75. The Labute approximate surface area is 110 Å². The predicted octanol–water partition coefficient (Wildman–Crippen LogP) is 4.77. The maximum Gasteiger partial charge on any atom is 0.222 e. The number of hydrogen-bond acceptors (Lipinski definition) is 2. The predicted molar refractivity (Wildman–Crippen MR) is 73.4 cm³/mol. The van der Waals surface area contributed by atoms with Gasteiger partial charge in [0.1, 0.15) is 0 Å². The highest BCUT2D eigenvalue weighted by atomic mass is 35.5. The fraction of sp³-hybridized carbons (Fsp3) is 0.714. The molecule has 0 radical (unpaired) electrons. The summed E-state index contributed by atoms with van der Waals surface area (Å²) in [5.41, 5.74) is 1.43. The van der Waals surface area contributed by atoms with Gasteiger partial charge in [0.05, 0.1) is 0 Å². The van der Waals surface area contributed by atoms with Crippen molar-refractivity contribution in [2.75, 3.05) is 0 Å². The highest BCUT2D eigenvalue weighted by Gasteiger charge is 2.26. The van der Waals surface area contributed by atoms with Crippen molar-refractivity contribution in [3.8, 4) is 0 Å². The molecule has 0 amide bonds. The zero-order chi connectivity index (χ0) is 12.7. The van der Waals surface area contributed by atoms with Crippen LogP contribution in [0.1, 0.15) is 64.9 Å². The first-order valence-corrected chi connectivity index (χ1v) is 6.98. The van der Waals surface area contributed by atoms with Crippen molar-refractivity contribution < 1.29 is 0 Å². The smallest absolute Gasteiger partial charge is 0.222 e. The second kappa shape index (κ2) is 6.95. The molecular weight excluding hydrogens is 232 g/mol. The van der Waals surface area contributed by atoms with Crippen LogP contribution in [0.3, 0.4) is 0 Å². The van der Waals surface area contributed by atoms with Crippen molar-refractivity contribution in [2.45, 2.75) is 64.7 Å². The van der Waals surface area contributed by atoms with Gasteiger partial charge < -0.3 is 0 Å². The van der Waals surface area contributed by atoms with Gasteiger partial charge in [0.25, 0.3) is 0 Å². The van der Waals surface area contributed by atoms with Gasteiger partial charge in [0.2, 0.25) is 5.28 Å². The van der Waals surface area contributed by atoms with Crippen molar-refractivity contribution in [1.29, 1.82) is 0 Å². The Bertz CT molecular complexity index is 313. The standard InChI is InChI=1S/C14H23ClN2/c1-4-6-8-14(3,9-7-5-2)12-10-16-13(15)17-11-12/h10-11H,4-9H2,1-3H3. The number of aromatic nitrogens is 2. The van der Waals surface area contributed by atoms with Crippen LogP contribution in [0.15, 0.2) is 12.4 Å². The molecule has 0 atom stereocenters. The summed E-state index contributed by atoms with van der Waals surface area (Å²) in [5.74, 6) is 0. The molecule has 1 aromatic rings. The third-order valence-corrected chi connectivity index (χ3v) is 3.68. The van der Waals surface area contributed by atoms with E-state index in [0.29, 0.717) is 5.28 Å². The Hall–Kier alpha value is -0.630. The number of hydrogen-bond donors (Lipinski definition) is 0. The first-order chi connectivity index (χ1) is 8.12. The number of rotatable bonds is 7. The van der Waals surface area contributed by atoms with Gasteiger partial charge in [-0.3, -0.25) is 0 Å². The van der Waals surface area contributed by atoms with Crippen LogP contribution in [0.4, 0.5) is 0 Å². The van der Waals surface area contributed by atoms with Gasteiger partial charge in [-0.15, -0.1) is 0 Å². The summed E-state index contributed by atoms with van der Waals surface area (Å²) in [7, 11) is 0. The molecule has 0 fully saturated rings. The molecule has 3 heteroatoms. The molecule has 0 spiro atoms. The Morgan fingerprint density at radius 3 is 1.94 bits per heavy atom. The zero-order valence-electron chi connectivity index (χ0n) is 11.2. The van der Waals surface area contributed by atoms with E-state index in [2.05, 4.69) is 30.7 Å². The van der Waals surface area contributed by atoms with E-state index in [4.69, 9.17) is 11.6 Å². The zero-order valence-corrected chi connectivity index (χ0v) is 11.9. The molecule has 0 bridgehead atoms. The molecule has 0 aliphatic heterocycles. The van der Waals surface area contributed by atoms with E-state index in [1.54, 1.807) is 0 Å². The first-order valence-electron chi connectivity index (χ1n) is 6.60. The molecule has 0 saturated carbocycles. The highest BCUT2D eigenvalue weighted by molar-refractivity contribution is 6.28. The lowest BCUT2D eigenvalue weighted by Gasteiger charge is -2.29. The van der Waals surface area contributed by atoms with Gasteiger partial charge in [0, 0.05) is 12.4 Å². The molecule has 96 valence electrons. The molecule has 1 aromatic heterocycles. The van der Waals surface area contributed by atoms with Gasteiger partial charge in [-0.05, 0) is 35.4 Å². The van der Waals surface area contributed by atoms with Gasteiger partial charge in [-0.1, -0.05) is 46.5 Å². The average Bonchev–Trinajstić information content (AvgIpc) is 2.34. The quantitative estimate of drug-likeness (QED) is 0.655. The molecule has 0 aliphatic carbocycles. The van der Waals surface area contributed by atoms with E-state index in [-0.39, 0.29) is 5.41 Å². The van der Waals surface area contributed by atoms with Crippen LogP contribution in [-0.4, -0.2) is 9.97 Å². The topological polar surface area (TPSA) is 25.8 Å². The summed E-state index contributed by atoms with van der Waals surface area (Å²) in [5, 5.41) is 0.335. The van der Waals surface area contributed by atoms with Crippen LogP contribution in [0.2, 0.25) is 5.28 Å². The van der Waals surface area contributed by atoms with Gasteiger partial charge >= 0.3 is 0 Å². The number of halogens is 1. The summed E-state index contributed by atoms with van der Waals surface area (Å²) in [6, 6.07) is 0. The SMILES string of the molecule is CCCCC(C)(CCCC)c1cnc(Cl)nc1. The van der Waals surface area contributed by atoms with Crippen molar-refractivity contribution in [3.05, 3.63) is 23.2 Å². The van der Waals surface area contributed by atoms with Crippen molar-refractivity contribution in [1.82, 2.24) is 9.97 Å². The Balaban J connectivity index is 2.83. The van der Waals surface area contributed by atoms with Crippen molar-refractivity contribution in [3.63, 3.8) is 0 Å². The van der Waals surface area contributed by atoms with Crippen LogP contribution < -0.4 is 0 Å². The molecular formula is C14H23ClN2. The van der Waals surface area contributed by atoms with E-state index in [9.17, 15) is 0 Å². The molecule has 17 heavy (non-hydrogen) atoms. The van der Waals surface area contributed by atoms with Gasteiger partial charge in [-0.25, -0.2) is 9.97 Å².